The second-order valence-corrected chi connectivity index (χ2v) is 4.93. The predicted octanol–water partition coefficient (Wildman–Crippen LogP) is 1.63. The van der Waals surface area contributed by atoms with Crippen molar-refractivity contribution in [3.05, 3.63) is 22.4 Å². The number of hydrogen-bond donors (Lipinski definition) is 2. The molecule has 0 aliphatic carbocycles. The number of rotatable bonds is 7. The maximum absolute atomic E-state index is 9.33. The Morgan fingerprint density at radius 3 is 2.93 bits per heavy atom. The summed E-state index contributed by atoms with van der Waals surface area (Å²) >= 11 is 1.72. The highest BCUT2D eigenvalue weighted by Gasteiger charge is 2.21. The maximum Gasteiger partial charge on any atom is 0.0611 e. The van der Waals surface area contributed by atoms with Gasteiger partial charge < -0.3 is 15.2 Å². The average Bonchev–Trinajstić information content (AvgIpc) is 2.76. The molecular formula is C11H19NO2S. The van der Waals surface area contributed by atoms with Gasteiger partial charge in [-0.25, -0.2) is 0 Å². The van der Waals surface area contributed by atoms with Gasteiger partial charge in [-0.05, 0) is 24.8 Å². The van der Waals surface area contributed by atoms with Crippen molar-refractivity contribution >= 4 is 11.3 Å². The SMILES string of the molecule is COCCC(C)(CO)NCc1cccs1. The molecule has 1 heterocycles. The van der Waals surface area contributed by atoms with E-state index in [1.807, 2.05) is 13.0 Å². The van der Waals surface area contributed by atoms with Gasteiger partial charge in [0.25, 0.3) is 0 Å². The van der Waals surface area contributed by atoms with Crippen LogP contribution in [-0.2, 0) is 11.3 Å². The van der Waals surface area contributed by atoms with Gasteiger partial charge in [0, 0.05) is 30.7 Å². The third kappa shape index (κ3) is 4.30. The lowest BCUT2D eigenvalue weighted by Gasteiger charge is -2.28. The highest BCUT2D eigenvalue weighted by atomic mass is 32.1. The topological polar surface area (TPSA) is 41.5 Å². The van der Waals surface area contributed by atoms with Crippen molar-refractivity contribution in [2.24, 2.45) is 0 Å². The second-order valence-electron chi connectivity index (χ2n) is 3.89. The first kappa shape index (κ1) is 12.6. The minimum Gasteiger partial charge on any atom is -0.394 e. The fourth-order valence-electron chi connectivity index (χ4n) is 1.26. The lowest BCUT2D eigenvalue weighted by Crippen LogP contribution is -2.46. The molecule has 0 aromatic carbocycles. The Hall–Kier alpha value is -0.420. The monoisotopic (exact) mass is 229 g/mol. The Morgan fingerprint density at radius 2 is 2.40 bits per heavy atom. The number of aliphatic hydroxyl groups is 1. The van der Waals surface area contributed by atoms with E-state index in [1.165, 1.54) is 4.88 Å². The normalized spacial score (nSPS) is 15.1. The van der Waals surface area contributed by atoms with E-state index in [0.717, 1.165) is 13.0 Å². The molecule has 0 bridgehead atoms. The van der Waals surface area contributed by atoms with Crippen LogP contribution in [0.1, 0.15) is 18.2 Å². The predicted molar refractivity (Wildman–Crippen MR) is 63.1 cm³/mol. The highest BCUT2D eigenvalue weighted by Crippen LogP contribution is 2.13. The van der Waals surface area contributed by atoms with Crippen LogP contribution in [0.2, 0.25) is 0 Å². The third-order valence-electron chi connectivity index (χ3n) is 2.48. The summed E-state index contributed by atoms with van der Waals surface area (Å²) in [5, 5.41) is 14.7. The summed E-state index contributed by atoms with van der Waals surface area (Å²) in [4.78, 5) is 1.28. The second kappa shape index (κ2) is 6.23. The molecule has 0 fully saturated rings. The molecule has 1 aromatic heterocycles. The van der Waals surface area contributed by atoms with Crippen molar-refractivity contribution in [3.8, 4) is 0 Å². The highest BCUT2D eigenvalue weighted by molar-refractivity contribution is 7.09. The van der Waals surface area contributed by atoms with E-state index in [0.29, 0.717) is 6.61 Å². The molecule has 0 saturated carbocycles. The van der Waals surface area contributed by atoms with Gasteiger partial charge in [0.15, 0.2) is 0 Å². The third-order valence-corrected chi connectivity index (χ3v) is 3.35. The molecule has 3 nitrogen and oxygen atoms in total. The summed E-state index contributed by atoms with van der Waals surface area (Å²) in [5.41, 5.74) is -0.250. The fraction of sp³-hybridized carbons (Fsp3) is 0.636. The number of hydrogen-bond acceptors (Lipinski definition) is 4. The van der Waals surface area contributed by atoms with Gasteiger partial charge in [0.05, 0.1) is 6.61 Å². The molecule has 86 valence electrons. The van der Waals surface area contributed by atoms with E-state index in [1.54, 1.807) is 18.4 Å². The zero-order valence-electron chi connectivity index (χ0n) is 9.32. The van der Waals surface area contributed by atoms with Crippen molar-refractivity contribution in [1.82, 2.24) is 5.32 Å². The van der Waals surface area contributed by atoms with Gasteiger partial charge in [0.2, 0.25) is 0 Å². The summed E-state index contributed by atoms with van der Waals surface area (Å²) in [5.74, 6) is 0. The van der Waals surface area contributed by atoms with Gasteiger partial charge in [-0.15, -0.1) is 11.3 Å². The molecule has 2 N–H and O–H groups in total. The van der Waals surface area contributed by atoms with E-state index >= 15 is 0 Å². The molecule has 0 radical (unpaired) electrons. The van der Waals surface area contributed by atoms with Crippen molar-refractivity contribution in [2.45, 2.75) is 25.4 Å². The molecule has 15 heavy (non-hydrogen) atoms. The molecule has 1 atom stereocenters. The largest absolute Gasteiger partial charge is 0.394 e. The molecule has 1 unspecified atom stereocenters. The van der Waals surface area contributed by atoms with E-state index in [2.05, 4.69) is 16.8 Å². The number of thiophene rings is 1. The number of nitrogens with one attached hydrogen (secondary N) is 1. The van der Waals surface area contributed by atoms with Gasteiger partial charge in [0.1, 0.15) is 0 Å². The van der Waals surface area contributed by atoms with E-state index < -0.39 is 0 Å². The van der Waals surface area contributed by atoms with Crippen LogP contribution in [0.5, 0.6) is 0 Å². The minimum atomic E-state index is -0.250. The van der Waals surface area contributed by atoms with E-state index in [9.17, 15) is 5.11 Å². The molecule has 4 heteroatoms. The quantitative estimate of drug-likeness (QED) is 0.746. The number of ether oxygens (including phenoxy) is 1. The first-order valence-electron chi connectivity index (χ1n) is 5.07. The van der Waals surface area contributed by atoms with Crippen LogP contribution in [0.3, 0.4) is 0 Å². The lowest BCUT2D eigenvalue weighted by atomic mass is 9.99. The Kier molecular flexibility index (Phi) is 5.25. The minimum absolute atomic E-state index is 0.127. The van der Waals surface area contributed by atoms with Gasteiger partial charge >= 0.3 is 0 Å². The smallest absolute Gasteiger partial charge is 0.0611 e. The molecule has 1 aromatic rings. The molecule has 0 aliphatic rings. The van der Waals surface area contributed by atoms with Crippen LogP contribution in [0.15, 0.2) is 17.5 Å². The first-order chi connectivity index (χ1) is 7.20. The summed E-state index contributed by atoms with van der Waals surface area (Å²) < 4.78 is 5.03. The lowest BCUT2D eigenvalue weighted by molar-refractivity contribution is 0.115. The Bertz CT molecular complexity index is 264. The van der Waals surface area contributed by atoms with Crippen molar-refractivity contribution in [1.29, 1.82) is 0 Å². The molecule has 0 amide bonds. The van der Waals surface area contributed by atoms with Gasteiger partial charge in [-0.1, -0.05) is 6.07 Å². The van der Waals surface area contributed by atoms with Crippen molar-refractivity contribution in [3.63, 3.8) is 0 Å². The standard InChI is InChI=1S/C11H19NO2S/c1-11(9-13,5-6-14-2)12-8-10-4-3-7-15-10/h3-4,7,12-13H,5-6,8-9H2,1-2H3. The zero-order valence-corrected chi connectivity index (χ0v) is 10.1. The molecule has 0 saturated heterocycles. The maximum atomic E-state index is 9.33. The summed E-state index contributed by atoms with van der Waals surface area (Å²) in [7, 11) is 1.68. The van der Waals surface area contributed by atoms with Crippen LogP contribution in [0.4, 0.5) is 0 Å². The Balaban J connectivity index is 2.38. The van der Waals surface area contributed by atoms with Crippen molar-refractivity contribution < 1.29 is 9.84 Å². The van der Waals surface area contributed by atoms with Gasteiger partial charge in [-0.3, -0.25) is 0 Å². The summed E-state index contributed by atoms with van der Waals surface area (Å²) in [6.07, 6.45) is 0.811. The first-order valence-corrected chi connectivity index (χ1v) is 5.95. The van der Waals surface area contributed by atoms with Crippen LogP contribution in [0, 0.1) is 0 Å². The van der Waals surface area contributed by atoms with Crippen LogP contribution in [-0.4, -0.2) is 31.0 Å². The molecule has 0 aliphatic heterocycles. The number of aliphatic hydroxyl groups excluding tert-OH is 1. The van der Waals surface area contributed by atoms with Crippen LogP contribution in [0.25, 0.3) is 0 Å². The van der Waals surface area contributed by atoms with Crippen LogP contribution >= 0.6 is 11.3 Å². The molecule has 0 spiro atoms. The summed E-state index contributed by atoms with van der Waals surface area (Å²) in [6.45, 7) is 3.61. The fourth-order valence-corrected chi connectivity index (χ4v) is 1.91. The molecule has 1 rings (SSSR count). The molecular weight excluding hydrogens is 210 g/mol. The Labute approximate surface area is 95.1 Å². The average molecular weight is 229 g/mol. The van der Waals surface area contributed by atoms with E-state index in [-0.39, 0.29) is 12.1 Å². The Morgan fingerprint density at radius 1 is 1.60 bits per heavy atom. The number of methoxy groups -OCH3 is 1. The summed E-state index contributed by atoms with van der Waals surface area (Å²) in [6, 6.07) is 4.12. The van der Waals surface area contributed by atoms with E-state index in [4.69, 9.17) is 4.74 Å². The van der Waals surface area contributed by atoms with Crippen LogP contribution < -0.4 is 5.32 Å². The van der Waals surface area contributed by atoms with Gasteiger partial charge in [-0.2, -0.15) is 0 Å². The van der Waals surface area contributed by atoms with Crippen molar-refractivity contribution in [2.75, 3.05) is 20.3 Å². The zero-order chi connectivity index (χ0) is 11.1.